The van der Waals surface area contributed by atoms with E-state index in [1.165, 1.54) is 0 Å². The molecular formula is C21H24N6O2. The fourth-order valence-corrected chi connectivity index (χ4v) is 2.73. The van der Waals surface area contributed by atoms with Crippen molar-refractivity contribution in [2.24, 2.45) is 0 Å². The smallest absolute Gasteiger partial charge is 0.251 e. The third-order valence-electron chi connectivity index (χ3n) is 4.28. The minimum atomic E-state index is -0.129. The molecule has 29 heavy (non-hydrogen) atoms. The van der Waals surface area contributed by atoms with Gasteiger partial charge >= 0.3 is 0 Å². The molecule has 0 atom stereocenters. The lowest BCUT2D eigenvalue weighted by Crippen LogP contribution is -2.31. The van der Waals surface area contributed by atoms with E-state index in [2.05, 4.69) is 20.3 Å². The number of carbonyl (C=O) groups excluding carboxylic acids is 1. The first-order chi connectivity index (χ1) is 14.0. The number of nitrogens with two attached hydrogens (primary N) is 1. The lowest BCUT2D eigenvalue weighted by atomic mass is 10.1. The standard InChI is InChI=1S/C21H24N6O2/c1-27(2)10-9-24-21(28)16-6-4-5-14(11-16)17-13-25-20(22)19(26-17)15-7-8-23-18(12-15)29-3/h4-8,11-13H,9-10H2,1-3H3,(H2,22,25)(H,24,28). The molecule has 0 saturated heterocycles. The summed E-state index contributed by atoms with van der Waals surface area (Å²) in [7, 11) is 5.47. The van der Waals surface area contributed by atoms with E-state index in [1.54, 1.807) is 43.8 Å². The lowest BCUT2D eigenvalue weighted by Gasteiger charge is -2.11. The van der Waals surface area contributed by atoms with Gasteiger partial charge in [-0.05, 0) is 32.3 Å². The van der Waals surface area contributed by atoms with Gasteiger partial charge in [-0.2, -0.15) is 0 Å². The highest BCUT2D eigenvalue weighted by Gasteiger charge is 2.12. The number of anilines is 1. The molecule has 0 fully saturated rings. The van der Waals surface area contributed by atoms with Crippen molar-refractivity contribution in [1.29, 1.82) is 0 Å². The Balaban J connectivity index is 1.88. The number of nitrogens with one attached hydrogen (secondary N) is 1. The first kappa shape index (κ1) is 20.2. The normalized spacial score (nSPS) is 10.8. The summed E-state index contributed by atoms with van der Waals surface area (Å²) in [5.41, 5.74) is 9.29. The molecule has 0 bridgehead atoms. The molecule has 0 unspecified atom stereocenters. The minimum absolute atomic E-state index is 0.129. The van der Waals surface area contributed by atoms with Gasteiger partial charge < -0.3 is 20.7 Å². The van der Waals surface area contributed by atoms with Gasteiger partial charge in [0.25, 0.3) is 5.91 Å². The Labute approximate surface area is 169 Å². The minimum Gasteiger partial charge on any atom is -0.481 e. The van der Waals surface area contributed by atoms with Gasteiger partial charge in [0, 0.05) is 42.0 Å². The Morgan fingerprint density at radius 3 is 2.76 bits per heavy atom. The number of nitrogens with zero attached hydrogens (tertiary/aromatic N) is 4. The molecule has 0 saturated carbocycles. The van der Waals surface area contributed by atoms with Crippen molar-refractivity contribution < 1.29 is 9.53 Å². The quantitative estimate of drug-likeness (QED) is 0.634. The molecule has 0 radical (unpaired) electrons. The number of likely N-dealkylation sites (N-methyl/N-ethyl adjacent to an activating group) is 1. The average Bonchev–Trinajstić information content (AvgIpc) is 2.74. The molecule has 1 aromatic carbocycles. The van der Waals surface area contributed by atoms with Gasteiger partial charge in [-0.25, -0.2) is 15.0 Å². The van der Waals surface area contributed by atoms with E-state index in [9.17, 15) is 4.79 Å². The van der Waals surface area contributed by atoms with Gasteiger partial charge in [0.05, 0.1) is 19.0 Å². The van der Waals surface area contributed by atoms with Crippen LogP contribution in [0.5, 0.6) is 5.88 Å². The zero-order valence-electron chi connectivity index (χ0n) is 16.7. The molecule has 2 heterocycles. The summed E-state index contributed by atoms with van der Waals surface area (Å²) < 4.78 is 5.17. The van der Waals surface area contributed by atoms with Crippen LogP contribution < -0.4 is 15.8 Å². The number of rotatable bonds is 7. The number of pyridine rings is 1. The van der Waals surface area contributed by atoms with Gasteiger partial charge in [0.1, 0.15) is 11.5 Å². The molecule has 0 spiro atoms. The van der Waals surface area contributed by atoms with Crippen LogP contribution in [-0.4, -0.2) is 60.1 Å². The largest absolute Gasteiger partial charge is 0.481 e. The highest BCUT2D eigenvalue weighted by Crippen LogP contribution is 2.27. The van der Waals surface area contributed by atoms with E-state index >= 15 is 0 Å². The molecule has 0 aliphatic rings. The van der Waals surface area contributed by atoms with Crippen LogP contribution >= 0.6 is 0 Å². The first-order valence-corrected chi connectivity index (χ1v) is 9.14. The monoisotopic (exact) mass is 392 g/mol. The summed E-state index contributed by atoms with van der Waals surface area (Å²) in [4.78, 5) is 27.5. The molecule has 2 aromatic heterocycles. The fourth-order valence-electron chi connectivity index (χ4n) is 2.73. The van der Waals surface area contributed by atoms with Crippen molar-refractivity contribution in [3.05, 3.63) is 54.4 Å². The van der Waals surface area contributed by atoms with E-state index in [0.717, 1.165) is 17.7 Å². The number of amides is 1. The Hall–Kier alpha value is -3.52. The van der Waals surface area contributed by atoms with Crippen LogP contribution in [0.15, 0.2) is 48.8 Å². The van der Waals surface area contributed by atoms with Crippen LogP contribution in [0.4, 0.5) is 5.82 Å². The lowest BCUT2D eigenvalue weighted by molar-refractivity contribution is 0.0951. The molecule has 0 aliphatic carbocycles. The van der Waals surface area contributed by atoms with Crippen LogP contribution in [0, 0.1) is 0 Å². The van der Waals surface area contributed by atoms with Crippen molar-refractivity contribution in [3.63, 3.8) is 0 Å². The summed E-state index contributed by atoms with van der Waals surface area (Å²) in [6.07, 6.45) is 3.22. The molecule has 150 valence electrons. The van der Waals surface area contributed by atoms with Crippen molar-refractivity contribution in [2.75, 3.05) is 40.0 Å². The molecular weight excluding hydrogens is 368 g/mol. The number of methoxy groups -OCH3 is 1. The van der Waals surface area contributed by atoms with Crippen molar-refractivity contribution in [1.82, 2.24) is 25.2 Å². The number of carbonyl (C=O) groups is 1. The van der Waals surface area contributed by atoms with E-state index in [1.807, 2.05) is 31.1 Å². The topological polar surface area (TPSA) is 106 Å². The van der Waals surface area contributed by atoms with Crippen LogP contribution in [0.2, 0.25) is 0 Å². The van der Waals surface area contributed by atoms with E-state index in [-0.39, 0.29) is 5.91 Å². The van der Waals surface area contributed by atoms with E-state index in [0.29, 0.717) is 35.2 Å². The third-order valence-corrected chi connectivity index (χ3v) is 4.28. The van der Waals surface area contributed by atoms with Gasteiger partial charge in [0.15, 0.2) is 0 Å². The summed E-state index contributed by atoms with van der Waals surface area (Å²) in [6.45, 7) is 1.35. The number of hydrogen-bond acceptors (Lipinski definition) is 7. The van der Waals surface area contributed by atoms with Gasteiger partial charge in [-0.3, -0.25) is 4.79 Å². The maximum Gasteiger partial charge on any atom is 0.251 e. The maximum atomic E-state index is 12.4. The molecule has 3 N–H and O–H groups in total. The molecule has 8 heteroatoms. The summed E-state index contributed by atoms with van der Waals surface area (Å²) >= 11 is 0. The molecule has 8 nitrogen and oxygen atoms in total. The maximum absolute atomic E-state index is 12.4. The molecule has 3 rings (SSSR count). The van der Waals surface area contributed by atoms with Crippen molar-refractivity contribution in [3.8, 4) is 28.4 Å². The zero-order chi connectivity index (χ0) is 20.8. The van der Waals surface area contributed by atoms with E-state index in [4.69, 9.17) is 10.5 Å². The Bertz CT molecular complexity index is 1010. The highest BCUT2D eigenvalue weighted by molar-refractivity contribution is 5.95. The predicted octanol–water partition coefficient (Wildman–Crippen LogP) is 2.09. The van der Waals surface area contributed by atoms with Crippen LogP contribution in [0.1, 0.15) is 10.4 Å². The summed E-state index contributed by atoms with van der Waals surface area (Å²) in [5, 5.41) is 2.91. The average molecular weight is 392 g/mol. The SMILES string of the molecule is COc1cc(-c2nc(-c3cccc(C(=O)NCCN(C)C)c3)cnc2N)ccn1. The van der Waals surface area contributed by atoms with E-state index < -0.39 is 0 Å². The van der Waals surface area contributed by atoms with Gasteiger partial charge in [0.2, 0.25) is 5.88 Å². The molecule has 0 aliphatic heterocycles. The number of aromatic nitrogens is 3. The van der Waals surface area contributed by atoms with Gasteiger partial charge in [-0.1, -0.05) is 12.1 Å². The Kier molecular flexibility index (Phi) is 6.36. The molecule has 1 amide bonds. The zero-order valence-corrected chi connectivity index (χ0v) is 16.7. The van der Waals surface area contributed by atoms with Crippen LogP contribution in [0.25, 0.3) is 22.5 Å². The van der Waals surface area contributed by atoms with Gasteiger partial charge in [-0.15, -0.1) is 0 Å². The summed E-state index contributed by atoms with van der Waals surface area (Å²) in [5.74, 6) is 0.640. The second kappa shape index (κ2) is 9.11. The molecule has 3 aromatic rings. The number of hydrogen-bond donors (Lipinski definition) is 2. The second-order valence-electron chi connectivity index (χ2n) is 6.72. The summed E-state index contributed by atoms with van der Waals surface area (Å²) in [6, 6.07) is 10.8. The predicted molar refractivity (Wildman–Crippen MR) is 113 cm³/mol. The van der Waals surface area contributed by atoms with Crippen LogP contribution in [-0.2, 0) is 0 Å². The highest BCUT2D eigenvalue weighted by atomic mass is 16.5. The fraction of sp³-hybridized carbons (Fsp3) is 0.238. The second-order valence-corrected chi connectivity index (χ2v) is 6.72. The number of ether oxygens (including phenoxy) is 1. The Morgan fingerprint density at radius 1 is 1.17 bits per heavy atom. The third kappa shape index (κ3) is 5.05. The van der Waals surface area contributed by atoms with Crippen molar-refractivity contribution in [2.45, 2.75) is 0 Å². The number of nitrogen functional groups attached to an aromatic ring is 1. The van der Waals surface area contributed by atoms with Crippen LogP contribution in [0.3, 0.4) is 0 Å². The Morgan fingerprint density at radius 2 is 2.00 bits per heavy atom. The first-order valence-electron chi connectivity index (χ1n) is 9.14. The number of benzene rings is 1. The van der Waals surface area contributed by atoms with Crippen molar-refractivity contribution >= 4 is 11.7 Å².